The second-order valence-electron chi connectivity index (χ2n) is 6.58. The minimum atomic E-state index is -0.540. The molecule has 2 aromatic carbocycles. The monoisotopic (exact) mass is 402 g/mol. The van der Waals surface area contributed by atoms with E-state index in [1.807, 2.05) is 31.2 Å². The molecule has 1 aliphatic rings. The molecule has 0 unspecified atom stereocenters. The zero-order chi connectivity index (χ0) is 20.1. The smallest absolute Gasteiger partial charge is 0.338 e. The van der Waals surface area contributed by atoms with Crippen LogP contribution in [0.2, 0.25) is 5.02 Å². The highest BCUT2D eigenvalue weighted by atomic mass is 35.5. The maximum Gasteiger partial charge on any atom is 0.338 e. The van der Waals surface area contributed by atoms with Crippen LogP contribution in [0.1, 0.15) is 15.9 Å². The van der Waals surface area contributed by atoms with Crippen LogP contribution in [0.4, 0.5) is 5.69 Å². The molecular formula is C21H23ClN2O4. The van der Waals surface area contributed by atoms with E-state index in [-0.39, 0.29) is 12.5 Å². The first kappa shape index (κ1) is 20.0. The molecule has 1 amide bonds. The van der Waals surface area contributed by atoms with Crippen molar-refractivity contribution in [1.82, 2.24) is 4.90 Å². The molecule has 148 valence electrons. The van der Waals surface area contributed by atoms with Gasteiger partial charge in [-0.25, -0.2) is 4.79 Å². The number of methoxy groups -OCH3 is 1. The van der Waals surface area contributed by atoms with E-state index in [0.717, 1.165) is 11.3 Å². The van der Waals surface area contributed by atoms with Gasteiger partial charge in [0.15, 0.2) is 6.61 Å². The van der Waals surface area contributed by atoms with Crippen molar-refractivity contribution in [2.75, 3.05) is 44.8 Å². The van der Waals surface area contributed by atoms with Crippen molar-refractivity contribution in [3.63, 3.8) is 0 Å². The van der Waals surface area contributed by atoms with Crippen LogP contribution < -0.4 is 9.64 Å². The van der Waals surface area contributed by atoms with Crippen LogP contribution >= 0.6 is 11.6 Å². The average Bonchev–Trinajstić information content (AvgIpc) is 2.72. The van der Waals surface area contributed by atoms with Gasteiger partial charge in [0.25, 0.3) is 5.91 Å². The molecule has 0 radical (unpaired) electrons. The zero-order valence-electron chi connectivity index (χ0n) is 16.0. The largest absolute Gasteiger partial charge is 0.496 e. The van der Waals surface area contributed by atoms with Gasteiger partial charge in [-0.05, 0) is 36.8 Å². The molecule has 1 aliphatic heterocycles. The highest BCUT2D eigenvalue weighted by Gasteiger charge is 2.23. The van der Waals surface area contributed by atoms with Crippen molar-refractivity contribution in [2.45, 2.75) is 6.92 Å². The summed E-state index contributed by atoms with van der Waals surface area (Å²) in [4.78, 5) is 28.5. The van der Waals surface area contributed by atoms with Crippen molar-refractivity contribution in [2.24, 2.45) is 0 Å². The Bertz CT molecular complexity index is 863. The second-order valence-corrected chi connectivity index (χ2v) is 6.99. The summed E-state index contributed by atoms with van der Waals surface area (Å²) in [5, 5.41) is 0.699. The van der Waals surface area contributed by atoms with Gasteiger partial charge in [0.2, 0.25) is 0 Å². The van der Waals surface area contributed by atoms with E-state index in [4.69, 9.17) is 21.1 Å². The highest BCUT2D eigenvalue weighted by molar-refractivity contribution is 6.33. The lowest BCUT2D eigenvalue weighted by molar-refractivity contribution is -0.134. The van der Waals surface area contributed by atoms with Gasteiger partial charge in [0.05, 0.1) is 23.4 Å². The summed E-state index contributed by atoms with van der Waals surface area (Å²) in [5.41, 5.74) is 2.25. The minimum absolute atomic E-state index is 0.203. The first-order valence-corrected chi connectivity index (χ1v) is 9.46. The van der Waals surface area contributed by atoms with Gasteiger partial charge in [-0.2, -0.15) is 0 Å². The number of para-hydroxylation sites is 1. The van der Waals surface area contributed by atoms with Crippen LogP contribution in [0.15, 0.2) is 42.5 Å². The molecule has 7 heteroatoms. The summed E-state index contributed by atoms with van der Waals surface area (Å²) >= 11 is 6.24. The number of rotatable bonds is 5. The van der Waals surface area contributed by atoms with Crippen LogP contribution in [0.5, 0.6) is 5.75 Å². The Balaban J connectivity index is 1.51. The number of hydrogen-bond acceptors (Lipinski definition) is 5. The molecule has 1 saturated heterocycles. The fourth-order valence-corrected chi connectivity index (χ4v) is 3.41. The van der Waals surface area contributed by atoms with Gasteiger partial charge >= 0.3 is 5.97 Å². The number of halogens is 1. The molecule has 0 atom stereocenters. The number of carbonyl (C=O) groups excluding carboxylic acids is 2. The predicted molar refractivity (Wildman–Crippen MR) is 108 cm³/mol. The van der Waals surface area contributed by atoms with Crippen molar-refractivity contribution >= 4 is 29.2 Å². The van der Waals surface area contributed by atoms with Crippen LogP contribution in [0.25, 0.3) is 0 Å². The molecule has 0 bridgehead atoms. The number of nitrogens with zero attached hydrogens (tertiary/aromatic N) is 2. The molecular weight excluding hydrogens is 380 g/mol. The fraction of sp³-hybridized carbons (Fsp3) is 0.333. The molecule has 6 nitrogen and oxygen atoms in total. The van der Waals surface area contributed by atoms with Gasteiger partial charge in [-0.15, -0.1) is 0 Å². The van der Waals surface area contributed by atoms with Crippen LogP contribution in [0.3, 0.4) is 0 Å². The summed E-state index contributed by atoms with van der Waals surface area (Å²) in [6.45, 7) is 4.08. The summed E-state index contributed by atoms with van der Waals surface area (Å²) in [6, 6.07) is 12.7. The van der Waals surface area contributed by atoms with Crippen molar-refractivity contribution in [3.05, 3.63) is 58.6 Å². The Kier molecular flexibility index (Phi) is 6.41. The molecule has 0 aromatic heterocycles. The van der Waals surface area contributed by atoms with Gasteiger partial charge < -0.3 is 19.3 Å². The number of piperazine rings is 1. The molecule has 2 aromatic rings. The van der Waals surface area contributed by atoms with E-state index in [2.05, 4.69) is 4.90 Å². The number of amides is 1. The number of esters is 1. The van der Waals surface area contributed by atoms with Gasteiger partial charge in [-0.3, -0.25) is 4.79 Å². The van der Waals surface area contributed by atoms with Crippen molar-refractivity contribution < 1.29 is 19.1 Å². The van der Waals surface area contributed by atoms with Crippen molar-refractivity contribution in [3.8, 4) is 5.75 Å². The lowest BCUT2D eigenvalue weighted by atomic mass is 10.1. The Labute approximate surface area is 169 Å². The average molecular weight is 403 g/mol. The van der Waals surface area contributed by atoms with E-state index in [1.54, 1.807) is 30.2 Å². The van der Waals surface area contributed by atoms with Crippen molar-refractivity contribution in [1.29, 1.82) is 0 Å². The highest BCUT2D eigenvalue weighted by Crippen LogP contribution is 2.26. The minimum Gasteiger partial charge on any atom is -0.496 e. The summed E-state index contributed by atoms with van der Waals surface area (Å²) in [7, 11) is 1.54. The molecule has 0 aliphatic carbocycles. The van der Waals surface area contributed by atoms with E-state index in [9.17, 15) is 9.59 Å². The zero-order valence-corrected chi connectivity index (χ0v) is 16.7. The van der Waals surface area contributed by atoms with E-state index >= 15 is 0 Å². The Hall–Kier alpha value is -2.73. The van der Waals surface area contributed by atoms with Gasteiger partial charge in [0.1, 0.15) is 5.75 Å². The maximum absolute atomic E-state index is 12.4. The van der Waals surface area contributed by atoms with E-state index in [1.165, 1.54) is 0 Å². The van der Waals surface area contributed by atoms with E-state index < -0.39 is 5.97 Å². The maximum atomic E-state index is 12.4. The summed E-state index contributed by atoms with van der Waals surface area (Å²) in [6.07, 6.45) is 0. The third-order valence-electron chi connectivity index (χ3n) is 4.80. The molecule has 1 fully saturated rings. The molecule has 0 saturated carbocycles. The summed E-state index contributed by atoms with van der Waals surface area (Å²) in [5.74, 6) is -0.135. The molecule has 1 heterocycles. The third kappa shape index (κ3) is 4.57. The fourth-order valence-electron chi connectivity index (χ4n) is 3.15. The first-order chi connectivity index (χ1) is 13.5. The number of hydrogen-bond donors (Lipinski definition) is 0. The van der Waals surface area contributed by atoms with E-state index in [0.29, 0.717) is 42.5 Å². The Morgan fingerprint density at radius 2 is 1.79 bits per heavy atom. The number of ether oxygens (including phenoxy) is 2. The molecule has 0 N–H and O–H groups in total. The van der Waals surface area contributed by atoms with Gasteiger partial charge in [0, 0.05) is 26.2 Å². The first-order valence-electron chi connectivity index (χ1n) is 9.08. The number of aryl methyl sites for hydroxylation is 1. The lowest BCUT2D eigenvalue weighted by Crippen LogP contribution is -2.50. The third-order valence-corrected chi connectivity index (χ3v) is 5.12. The predicted octanol–water partition coefficient (Wildman–Crippen LogP) is 3.16. The number of benzene rings is 2. The van der Waals surface area contributed by atoms with Crippen LogP contribution in [-0.4, -0.2) is 56.7 Å². The Morgan fingerprint density at radius 1 is 1.07 bits per heavy atom. The SMILES string of the molecule is COc1cc(C(=O)OCC(=O)N2CCN(c3ccccc3Cl)CC2)ccc1C. The Morgan fingerprint density at radius 3 is 2.46 bits per heavy atom. The second kappa shape index (κ2) is 8.97. The lowest BCUT2D eigenvalue weighted by Gasteiger charge is -2.36. The number of anilines is 1. The van der Waals surface area contributed by atoms with Gasteiger partial charge in [-0.1, -0.05) is 29.8 Å². The number of carbonyl (C=O) groups is 2. The normalized spacial score (nSPS) is 14.0. The standard InChI is InChI=1S/C21H23ClN2O4/c1-15-7-8-16(13-19(15)27-2)21(26)28-14-20(25)24-11-9-23(10-12-24)18-6-4-3-5-17(18)22/h3-8,13H,9-12,14H2,1-2H3. The molecule has 3 rings (SSSR count). The van der Waals surface area contributed by atoms with Crippen LogP contribution in [-0.2, 0) is 9.53 Å². The van der Waals surface area contributed by atoms with Crippen LogP contribution in [0, 0.1) is 6.92 Å². The molecule has 0 spiro atoms. The topological polar surface area (TPSA) is 59.1 Å². The summed E-state index contributed by atoms with van der Waals surface area (Å²) < 4.78 is 10.4. The quantitative estimate of drug-likeness (QED) is 0.719. The molecule has 28 heavy (non-hydrogen) atoms.